The summed E-state index contributed by atoms with van der Waals surface area (Å²) in [5, 5.41) is 5.60. The lowest BCUT2D eigenvalue weighted by Gasteiger charge is -2.33. The van der Waals surface area contributed by atoms with Gasteiger partial charge in [-0.25, -0.2) is 22.7 Å². The van der Waals surface area contributed by atoms with Crippen molar-refractivity contribution in [3.05, 3.63) is 69.3 Å². The van der Waals surface area contributed by atoms with E-state index in [0.717, 1.165) is 4.31 Å². The van der Waals surface area contributed by atoms with E-state index < -0.39 is 22.0 Å². The number of hydrogen-bond donors (Lipinski definition) is 2. The Hall–Kier alpha value is -3.12. The van der Waals surface area contributed by atoms with Crippen molar-refractivity contribution in [1.82, 2.24) is 15.3 Å². The van der Waals surface area contributed by atoms with Gasteiger partial charge in [0.1, 0.15) is 6.10 Å². The molecule has 188 valence electrons. The second-order valence-electron chi connectivity index (χ2n) is 7.61. The molecule has 2 aromatic carbocycles. The summed E-state index contributed by atoms with van der Waals surface area (Å²) in [6.45, 7) is 1.17. The van der Waals surface area contributed by atoms with Gasteiger partial charge in [-0.05, 0) is 30.3 Å². The van der Waals surface area contributed by atoms with E-state index in [1.54, 1.807) is 12.1 Å². The number of halogens is 3. The average molecular weight is 571 g/mol. The Balaban J connectivity index is 1.72. The number of aromatic nitrogens is 2. The molecular weight excluding hydrogens is 553 g/mol. The first-order valence-electron chi connectivity index (χ1n) is 10.4. The number of rotatable bonds is 6. The second-order valence-corrected chi connectivity index (χ2v) is 10.7. The zero-order valence-corrected chi connectivity index (χ0v) is 21.6. The number of carbonyl (C=O) groups is 2. The van der Waals surface area contributed by atoms with Crippen LogP contribution in [0.4, 0.5) is 11.6 Å². The van der Waals surface area contributed by atoms with Crippen LogP contribution in [0.2, 0.25) is 15.1 Å². The minimum absolute atomic E-state index is 0.0235. The molecule has 1 aliphatic rings. The first-order valence-corrected chi connectivity index (χ1v) is 13.0. The monoisotopic (exact) mass is 569 g/mol. The molecule has 0 unspecified atom stereocenters. The molecule has 0 spiro atoms. The van der Waals surface area contributed by atoms with Crippen molar-refractivity contribution in [3.8, 4) is 5.88 Å². The van der Waals surface area contributed by atoms with E-state index >= 15 is 0 Å². The zero-order chi connectivity index (χ0) is 26.0. The minimum Gasteiger partial charge on any atom is -0.468 e. The van der Waals surface area contributed by atoms with Crippen molar-refractivity contribution in [2.45, 2.75) is 17.9 Å². The SMILES string of the molecule is CC(=O)NC[C@H]1CN(S(=O)(=O)c2cccc(Cl)c2)c2nc(NC(=O)c3c(Cl)cccc3Cl)cnc2O1. The topological polar surface area (TPSA) is 131 Å². The van der Waals surface area contributed by atoms with Gasteiger partial charge in [-0.3, -0.25) is 9.59 Å². The van der Waals surface area contributed by atoms with Gasteiger partial charge in [0.25, 0.3) is 21.8 Å². The van der Waals surface area contributed by atoms with Crippen LogP contribution in [-0.2, 0) is 14.8 Å². The normalized spacial score (nSPS) is 15.0. The number of amides is 2. The standard InChI is InChI=1S/C22H18Cl3N5O5S/c1-12(31)26-9-14-11-30(36(33,34)15-5-2-4-13(23)8-15)20-22(35-14)27-10-18(28-20)29-21(32)19-16(24)6-3-7-17(19)25/h2-8,10,14H,9,11H2,1H3,(H,26,31)(H,28,29,32)/t14-/m0/s1. The molecule has 14 heteroatoms. The van der Waals surface area contributed by atoms with Crippen molar-refractivity contribution in [2.24, 2.45) is 0 Å². The third-order valence-electron chi connectivity index (χ3n) is 5.00. The van der Waals surface area contributed by atoms with Crippen molar-refractivity contribution in [1.29, 1.82) is 0 Å². The van der Waals surface area contributed by atoms with Gasteiger partial charge in [-0.15, -0.1) is 0 Å². The molecule has 3 aromatic rings. The molecule has 0 fully saturated rings. The van der Waals surface area contributed by atoms with E-state index in [-0.39, 0.29) is 62.0 Å². The summed E-state index contributed by atoms with van der Waals surface area (Å²) < 4.78 is 33.9. The molecule has 1 aliphatic heterocycles. The Kier molecular flexibility index (Phi) is 7.55. The van der Waals surface area contributed by atoms with Crippen LogP contribution in [0, 0.1) is 0 Å². The molecule has 1 aromatic heterocycles. The highest BCUT2D eigenvalue weighted by molar-refractivity contribution is 7.92. The maximum atomic E-state index is 13.6. The number of ether oxygens (including phenoxy) is 1. The summed E-state index contributed by atoms with van der Waals surface area (Å²) in [7, 11) is -4.18. The molecule has 0 radical (unpaired) electrons. The van der Waals surface area contributed by atoms with Gasteiger partial charge >= 0.3 is 0 Å². The van der Waals surface area contributed by atoms with Gasteiger partial charge in [0.15, 0.2) is 5.82 Å². The van der Waals surface area contributed by atoms with Crippen LogP contribution in [0.3, 0.4) is 0 Å². The number of benzene rings is 2. The van der Waals surface area contributed by atoms with E-state index in [1.807, 2.05) is 0 Å². The van der Waals surface area contributed by atoms with E-state index in [4.69, 9.17) is 39.5 Å². The molecule has 4 rings (SSSR count). The number of carbonyl (C=O) groups excluding carboxylic acids is 2. The van der Waals surface area contributed by atoms with E-state index in [1.165, 1.54) is 43.5 Å². The third kappa shape index (κ3) is 5.49. The van der Waals surface area contributed by atoms with Crippen LogP contribution in [0.15, 0.2) is 53.6 Å². The van der Waals surface area contributed by atoms with Crippen molar-refractivity contribution >= 4 is 68.3 Å². The number of hydrogen-bond acceptors (Lipinski definition) is 7. The molecule has 1 atom stereocenters. The molecule has 2 amide bonds. The highest BCUT2D eigenvalue weighted by Crippen LogP contribution is 2.35. The van der Waals surface area contributed by atoms with Crippen LogP contribution >= 0.6 is 34.8 Å². The summed E-state index contributed by atoms with van der Waals surface area (Å²) in [5.74, 6) is -1.29. The minimum atomic E-state index is -4.18. The molecule has 0 saturated carbocycles. The van der Waals surface area contributed by atoms with Gasteiger partial charge < -0.3 is 15.4 Å². The molecule has 36 heavy (non-hydrogen) atoms. The lowest BCUT2D eigenvalue weighted by Crippen LogP contribution is -2.48. The first kappa shape index (κ1) is 26.0. The second kappa shape index (κ2) is 10.5. The quantitative estimate of drug-likeness (QED) is 0.461. The Labute approximate surface area is 221 Å². The number of fused-ring (bicyclic) bond motifs is 1. The van der Waals surface area contributed by atoms with Crippen LogP contribution in [-0.4, -0.2) is 49.4 Å². The highest BCUT2D eigenvalue weighted by Gasteiger charge is 2.37. The Bertz CT molecular complexity index is 1430. The fourth-order valence-electron chi connectivity index (χ4n) is 3.36. The maximum absolute atomic E-state index is 13.6. The predicted molar refractivity (Wildman–Crippen MR) is 136 cm³/mol. The molecule has 10 nitrogen and oxygen atoms in total. The first-order chi connectivity index (χ1) is 17.1. The Morgan fingerprint density at radius 3 is 2.50 bits per heavy atom. The summed E-state index contributed by atoms with van der Waals surface area (Å²) in [4.78, 5) is 32.5. The van der Waals surface area contributed by atoms with Gasteiger partial charge in [-0.1, -0.05) is 46.9 Å². The molecule has 2 heterocycles. The summed E-state index contributed by atoms with van der Waals surface area (Å²) in [6, 6.07) is 10.3. The lowest BCUT2D eigenvalue weighted by molar-refractivity contribution is -0.119. The maximum Gasteiger partial charge on any atom is 0.265 e. The fraction of sp³-hybridized carbons (Fsp3) is 0.182. The predicted octanol–water partition coefficient (Wildman–Crippen LogP) is 3.78. The number of nitrogens with one attached hydrogen (secondary N) is 2. The van der Waals surface area contributed by atoms with Gasteiger partial charge in [0, 0.05) is 11.9 Å². The van der Waals surface area contributed by atoms with Gasteiger partial charge in [0.2, 0.25) is 11.7 Å². The molecule has 0 saturated heterocycles. The highest BCUT2D eigenvalue weighted by atomic mass is 35.5. The largest absolute Gasteiger partial charge is 0.468 e. The summed E-state index contributed by atoms with van der Waals surface area (Å²) in [6.07, 6.45) is 0.443. The lowest BCUT2D eigenvalue weighted by atomic mass is 10.2. The fourth-order valence-corrected chi connectivity index (χ4v) is 5.68. The van der Waals surface area contributed by atoms with Crippen LogP contribution in [0.1, 0.15) is 17.3 Å². The third-order valence-corrected chi connectivity index (χ3v) is 7.62. The zero-order valence-electron chi connectivity index (χ0n) is 18.5. The molecular formula is C22H18Cl3N5O5S. The van der Waals surface area contributed by atoms with Gasteiger partial charge in [-0.2, -0.15) is 0 Å². The van der Waals surface area contributed by atoms with Crippen LogP contribution in [0.5, 0.6) is 5.88 Å². The Morgan fingerprint density at radius 1 is 1.14 bits per heavy atom. The number of anilines is 2. The van der Waals surface area contributed by atoms with Crippen LogP contribution in [0.25, 0.3) is 0 Å². The van der Waals surface area contributed by atoms with E-state index in [9.17, 15) is 18.0 Å². The van der Waals surface area contributed by atoms with Crippen molar-refractivity contribution < 1.29 is 22.7 Å². The van der Waals surface area contributed by atoms with Crippen molar-refractivity contribution in [2.75, 3.05) is 22.7 Å². The van der Waals surface area contributed by atoms with E-state index in [0.29, 0.717) is 0 Å². The summed E-state index contributed by atoms with van der Waals surface area (Å²) >= 11 is 18.2. The van der Waals surface area contributed by atoms with Crippen LogP contribution < -0.4 is 19.7 Å². The Morgan fingerprint density at radius 2 is 1.83 bits per heavy atom. The summed E-state index contributed by atoms with van der Waals surface area (Å²) in [5.41, 5.74) is 0.0235. The molecule has 2 N–H and O–H groups in total. The number of nitrogens with zero attached hydrogens (tertiary/aromatic N) is 3. The number of sulfonamides is 1. The van der Waals surface area contributed by atoms with E-state index in [2.05, 4.69) is 20.6 Å². The smallest absolute Gasteiger partial charge is 0.265 e. The van der Waals surface area contributed by atoms with Gasteiger partial charge in [0.05, 0.1) is 39.8 Å². The molecule has 0 aliphatic carbocycles. The molecule has 0 bridgehead atoms. The average Bonchev–Trinajstić information content (AvgIpc) is 2.82. The van der Waals surface area contributed by atoms with Crippen molar-refractivity contribution in [3.63, 3.8) is 0 Å².